The second-order valence-electron chi connectivity index (χ2n) is 10.5. The van der Waals surface area contributed by atoms with Crippen LogP contribution in [-0.4, -0.2) is 55.5 Å². The van der Waals surface area contributed by atoms with Gasteiger partial charge in [0.15, 0.2) is 5.15 Å². The van der Waals surface area contributed by atoms with Crippen molar-refractivity contribution in [3.8, 4) is 17.2 Å². The van der Waals surface area contributed by atoms with Crippen molar-refractivity contribution in [3.63, 3.8) is 0 Å². The monoisotopic (exact) mass is 545 g/mol. The largest absolute Gasteiger partial charge is 0.383 e. The minimum atomic E-state index is -0.463. The zero-order valence-electron chi connectivity index (χ0n) is 21.7. The molecule has 200 valence electrons. The number of nitrogens with zero attached hydrogens (tertiary/aromatic N) is 3. The van der Waals surface area contributed by atoms with Crippen LogP contribution in [0.1, 0.15) is 51.1 Å². The molecule has 1 saturated carbocycles. The van der Waals surface area contributed by atoms with Gasteiger partial charge in [-0.3, -0.25) is 4.98 Å². The van der Waals surface area contributed by atoms with Crippen LogP contribution in [0.4, 0.5) is 5.69 Å². The maximum atomic E-state index is 9.77. The smallest absolute Gasteiger partial charge is 0.152 e. The van der Waals surface area contributed by atoms with E-state index in [9.17, 15) is 5.26 Å². The zero-order valence-corrected chi connectivity index (χ0v) is 23.2. The average molecular weight is 547 g/mol. The Bertz CT molecular complexity index is 1080. The number of ether oxygens (including phenoxy) is 2. The van der Waals surface area contributed by atoms with E-state index in [0.717, 1.165) is 29.8 Å². The standard InChI is InChI=1S/C28H37Cl2N5O2/c1-19(16-36-2)35-22-5-3-20(4-6-22)11-23-13-24(25(29)15-32-23)21-12-26(27(30)33-14-21)34-18-28(17-31)7-9-37-10-8-28/h12-15,19-20,22,34-35H,3-11,16,18H2,1-2H3/t19-,20?,22?/m1/s1. The van der Waals surface area contributed by atoms with Crippen molar-refractivity contribution < 1.29 is 9.47 Å². The molecule has 0 aromatic carbocycles. The number of pyridine rings is 2. The number of nitriles is 1. The summed E-state index contributed by atoms with van der Waals surface area (Å²) < 4.78 is 10.7. The Morgan fingerprint density at radius 2 is 1.92 bits per heavy atom. The van der Waals surface area contributed by atoms with Crippen LogP contribution in [0.5, 0.6) is 0 Å². The van der Waals surface area contributed by atoms with E-state index in [4.69, 9.17) is 32.7 Å². The molecular weight excluding hydrogens is 509 g/mol. The minimum Gasteiger partial charge on any atom is -0.383 e. The summed E-state index contributed by atoms with van der Waals surface area (Å²) in [7, 11) is 1.75. The molecule has 0 unspecified atom stereocenters. The summed E-state index contributed by atoms with van der Waals surface area (Å²) in [6.45, 7) is 4.61. The molecule has 1 atom stereocenters. The highest BCUT2D eigenvalue weighted by Gasteiger charge is 2.32. The fourth-order valence-electron chi connectivity index (χ4n) is 5.42. The summed E-state index contributed by atoms with van der Waals surface area (Å²) in [6.07, 6.45) is 10.5. The molecule has 2 aromatic heterocycles. The van der Waals surface area contributed by atoms with Gasteiger partial charge in [-0.15, -0.1) is 0 Å². The highest BCUT2D eigenvalue weighted by Crippen LogP contribution is 2.35. The van der Waals surface area contributed by atoms with Gasteiger partial charge in [0.1, 0.15) is 0 Å². The lowest BCUT2D eigenvalue weighted by Crippen LogP contribution is -2.41. The van der Waals surface area contributed by atoms with E-state index in [0.29, 0.717) is 66.5 Å². The van der Waals surface area contributed by atoms with E-state index < -0.39 is 5.41 Å². The number of hydrogen-bond donors (Lipinski definition) is 2. The molecule has 2 fully saturated rings. The molecular formula is C28H37Cl2N5O2. The summed E-state index contributed by atoms with van der Waals surface area (Å²) in [5.41, 5.74) is 3.04. The van der Waals surface area contributed by atoms with Crippen LogP contribution in [0.25, 0.3) is 11.1 Å². The molecule has 1 aliphatic heterocycles. The van der Waals surface area contributed by atoms with E-state index in [1.54, 1.807) is 19.5 Å². The van der Waals surface area contributed by atoms with Crippen molar-refractivity contribution in [3.05, 3.63) is 40.4 Å². The van der Waals surface area contributed by atoms with Gasteiger partial charge >= 0.3 is 0 Å². The Labute approximate surface area is 230 Å². The predicted octanol–water partition coefficient (Wildman–Crippen LogP) is 5.91. The SMILES string of the molecule is COC[C@@H](C)NC1CCC(Cc2cc(-c3cnc(Cl)c(NCC4(C#N)CCOCC4)c3)c(Cl)cn2)CC1. The third-order valence-electron chi connectivity index (χ3n) is 7.65. The van der Waals surface area contributed by atoms with E-state index in [1.165, 1.54) is 25.7 Å². The summed E-state index contributed by atoms with van der Waals surface area (Å²) in [6, 6.07) is 7.46. The average Bonchev–Trinajstić information content (AvgIpc) is 2.91. The molecule has 4 rings (SSSR count). The van der Waals surface area contributed by atoms with Crippen molar-refractivity contribution >= 4 is 28.9 Å². The first-order valence-corrected chi connectivity index (χ1v) is 13.9. The third kappa shape index (κ3) is 7.55. The van der Waals surface area contributed by atoms with Crippen LogP contribution in [0, 0.1) is 22.7 Å². The van der Waals surface area contributed by atoms with Crippen LogP contribution in [0.15, 0.2) is 24.5 Å². The molecule has 2 aromatic rings. The first kappa shape index (κ1) is 28.1. The highest BCUT2D eigenvalue weighted by atomic mass is 35.5. The van der Waals surface area contributed by atoms with Gasteiger partial charge in [0.25, 0.3) is 0 Å². The van der Waals surface area contributed by atoms with Crippen LogP contribution in [-0.2, 0) is 15.9 Å². The molecule has 37 heavy (non-hydrogen) atoms. The van der Waals surface area contributed by atoms with Crippen LogP contribution >= 0.6 is 23.2 Å². The molecule has 0 bridgehead atoms. The summed E-state index contributed by atoms with van der Waals surface area (Å²) in [4.78, 5) is 9.03. The van der Waals surface area contributed by atoms with Crippen molar-refractivity contribution in [1.29, 1.82) is 5.26 Å². The number of anilines is 1. The Morgan fingerprint density at radius 3 is 2.62 bits per heavy atom. The van der Waals surface area contributed by atoms with Gasteiger partial charge in [-0.2, -0.15) is 5.26 Å². The lowest BCUT2D eigenvalue weighted by Gasteiger charge is -2.31. The third-order valence-corrected chi connectivity index (χ3v) is 8.25. The number of hydrogen-bond acceptors (Lipinski definition) is 7. The second-order valence-corrected chi connectivity index (χ2v) is 11.3. The van der Waals surface area contributed by atoms with Crippen LogP contribution < -0.4 is 10.6 Å². The van der Waals surface area contributed by atoms with E-state index in [1.807, 2.05) is 6.07 Å². The van der Waals surface area contributed by atoms with Gasteiger partial charge in [0, 0.05) is 68.2 Å². The predicted molar refractivity (Wildman–Crippen MR) is 148 cm³/mol. The number of aromatic nitrogens is 2. The molecule has 0 amide bonds. The molecule has 2 aliphatic rings. The van der Waals surface area contributed by atoms with Gasteiger partial charge in [-0.1, -0.05) is 23.2 Å². The van der Waals surface area contributed by atoms with Crippen LogP contribution in [0.3, 0.4) is 0 Å². The fraction of sp³-hybridized carbons (Fsp3) is 0.607. The molecule has 9 heteroatoms. The van der Waals surface area contributed by atoms with Gasteiger partial charge < -0.3 is 20.1 Å². The molecule has 2 N–H and O–H groups in total. The molecule has 0 radical (unpaired) electrons. The maximum absolute atomic E-state index is 9.77. The van der Waals surface area contributed by atoms with Crippen molar-refractivity contribution in [2.75, 3.05) is 38.8 Å². The number of halogens is 2. The normalized spacial score (nSPS) is 22.2. The van der Waals surface area contributed by atoms with Crippen molar-refractivity contribution in [2.24, 2.45) is 11.3 Å². The minimum absolute atomic E-state index is 0.375. The lowest BCUT2D eigenvalue weighted by atomic mass is 9.81. The van der Waals surface area contributed by atoms with Crippen molar-refractivity contribution in [2.45, 2.75) is 64.0 Å². The van der Waals surface area contributed by atoms with Gasteiger partial charge in [-0.25, -0.2) is 4.98 Å². The number of methoxy groups -OCH3 is 1. The Balaban J connectivity index is 1.41. The van der Waals surface area contributed by atoms with E-state index in [-0.39, 0.29) is 0 Å². The quantitative estimate of drug-likeness (QED) is 0.358. The Hall–Kier alpha value is -1.95. The number of rotatable bonds is 10. The maximum Gasteiger partial charge on any atom is 0.152 e. The fourth-order valence-corrected chi connectivity index (χ4v) is 5.80. The summed E-state index contributed by atoms with van der Waals surface area (Å²) in [5.74, 6) is 0.611. The topological polar surface area (TPSA) is 92.1 Å². The lowest BCUT2D eigenvalue weighted by molar-refractivity contribution is 0.0456. The molecule has 7 nitrogen and oxygen atoms in total. The van der Waals surface area contributed by atoms with Gasteiger partial charge in [0.2, 0.25) is 0 Å². The zero-order chi connectivity index (χ0) is 26.3. The molecule has 1 aliphatic carbocycles. The summed E-state index contributed by atoms with van der Waals surface area (Å²) >= 11 is 13.0. The van der Waals surface area contributed by atoms with E-state index in [2.05, 4.69) is 39.7 Å². The molecule has 3 heterocycles. The molecule has 0 spiro atoms. The van der Waals surface area contributed by atoms with Gasteiger partial charge in [0.05, 0.1) is 28.8 Å². The summed E-state index contributed by atoms with van der Waals surface area (Å²) in [5, 5.41) is 17.8. The van der Waals surface area contributed by atoms with E-state index >= 15 is 0 Å². The first-order valence-electron chi connectivity index (χ1n) is 13.2. The van der Waals surface area contributed by atoms with Crippen molar-refractivity contribution in [1.82, 2.24) is 15.3 Å². The molecule has 1 saturated heterocycles. The van der Waals surface area contributed by atoms with Crippen LogP contribution in [0.2, 0.25) is 10.2 Å². The second kappa shape index (κ2) is 13.2. The first-order chi connectivity index (χ1) is 17.9. The Morgan fingerprint density at radius 1 is 1.16 bits per heavy atom. The number of nitrogens with one attached hydrogen (secondary N) is 2. The highest BCUT2D eigenvalue weighted by molar-refractivity contribution is 6.33. The van der Waals surface area contributed by atoms with Gasteiger partial charge in [-0.05, 0) is 69.9 Å². The Kier molecular flexibility index (Phi) is 10.0.